The van der Waals surface area contributed by atoms with Gasteiger partial charge in [0, 0.05) is 12.3 Å². The van der Waals surface area contributed by atoms with E-state index in [1.165, 1.54) is 7.11 Å². The van der Waals surface area contributed by atoms with Crippen molar-refractivity contribution >= 4 is 17.6 Å². The Bertz CT molecular complexity index is 229. The van der Waals surface area contributed by atoms with Crippen molar-refractivity contribution in [3.05, 3.63) is 0 Å². The van der Waals surface area contributed by atoms with Crippen molar-refractivity contribution in [3.8, 4) is 0 Å². The summed E-state index contributed by atoms with van der Waals surface area (Å²) in [6.45, 7) is 3.63. The van der Waals surface area contributed by atoms with Crippen molar-refractivity contribution in [2.75, 3.05) is 13.0 Å². The fraction of sp³-hybridized carbons (Fsp3) is 0.900. The molecule has 1 rings (SSSR count). The second-order valence-corrected chi connectivity index (χ2v) is 4.36. The maximum atomic E-state index is 11.1. The number of rotatable bonds is 3. The molecule has 0 aliphatic carbocycles. The third-order valence-corrected chi connectivity index (χ3v) is 2.57. The van der Waals surface area contributed by atoms with E-state index in [9.17, 15) is 4.79 Å². The third kappa shape index (κ3) is 3.97. The van der Waals surface area contributed by atoms with Gasteiger partial charge in [0.15, 0.2) is 5.79 Å². The Hall–Kier alpha value is -0.320. The number of methoxy groups -OCH3 is 1. The van der Waals surface area contributed by atoms with E-state index in [-0.39, 0.29) is 24.6 Å². The number of hydrogen-bond donors (Lipinski definition) is 0. The lowest BCUT2D eigenvalue weighted by Crippen LogP contribution is -2.46. The summed E-state index contributed by atoms with van der Waals surface area (Å²) in [5, 5.41) is 0. The highest BCUT2D eigenvalue weighted by Crippen LogP contribution is 2.28. The molecule has 0 bridgehead atoms. The first-order valence-corrected chi connectivity index (χ1v) is 5.48. The molecule has 0 aromatic heterocycles. The van der Waals surface area contributed by atoms with Crippen molar-refractivity contribution in [1.82, 2.24) is 0 Å². The molecule has 1 saturated heterocycles. The van der Waals surface area contributed by atoms with Crippen LogP contribution in [0.4, 0.5) is 0 Å². The number of alkyl halides is 1. The zero-order valence-electron chi connectivity index (χ0n) is 9.29. The zero-order chi connectivity index (χ0) is 11.5. The molecular formula is C10H17ClO4. The lowest BCUT2D eigenvalue weighted by molar-refractivity contribution is -0.295. The van der Waals surface area contributed by atoms with Gasteiger partial charge in [0.2, 0.25) is 0 Å². The lowest BCUT2D eigenvalue weighted by Gasteiger charge is -2.39. The molecule has 0 N–H and O–H groups in total. The molecule has 0 unspecified atom stereocenters. The van der Waals surface area contributed by atoms with Gasteiger partial charge in [-0.1, -0.05) is 0 Å². The Morgan fingerprint density at radius 1 is 1.47 bits per heavy atom. The Morgan fingerprint density at radius 3 is 2.60 bits per heavy atom. The number of carbonyl (C=O) groups is 1. The van der Waals surface area contributed by atoms with Crippen LogP contribution >= 0.6 is 11.6 Å². The minimum atomic E-state index is -0.684. The van der Waals surface area contributed by atoms with E-state index in [4.69, 9.17) is 21.1 Å². The summed E-state index contributed by atoms with van der Waals surface area (Å²) in [5.74, 6) is -0.549. The van der Waals surface area contributed by atoms with E-state index in [1.54, 1.807) is 0 Å². The summed E-state index contributed by atoms with van der Waals surface area (Å²) in [6.07, 6.45) is 0.633. The third-order valence-electron chi connectivity index (χ3n) is 2.22. The standard InChI is InChI=1S/C10H17ClO4/c1-10(2)14-7(5-9(12)13-3)4-8(6-11)15-10/h7-8H,4-6H2,1-3H3/t7-,8+/m0/s1. The summed E-state index contributed by atoms with van der Waals surface area (Å²) in [6, 6.07) is 0. The largest absolute Gasteiger partial charge is 0.469 e. The van der Waals surface area contributed by atoms with E-state index in [2.05, 4.69) is 4.74 Å². The smallest absolute Gasteiger partial charge is 0.308 e. The molecule has 2 atom stereocenters. The first-order chi connectivity index (χ1) is 6.96. The van der Waals surface area contributed by atoms with Crippen LogP contribution in [0.3, 0.4) is 0 Å². The van der Waals surface area contributed by atoms with E-state index < -0.39 is 5.79 Å². The molecule has 0 aromatic rings. The van der Waals surface area contributed by atoms with Gasteiger partial charge in [-0.3, -0.25) is 4.79 Å². The molecule has 0 amide bonds. The van der Waals surface area contributed by atoms with Gasteiger partial charge in [-0.15, -0.1) is 11.6 Å². The van der Waals surface area contributed by atoms with Gasteiger partial charge in [0.25, 0.3) is 0 Å². The second kappa shape index (κ2) is 5.14. The van der Waals surface area contributed by atoms with E-state index in [1.807, 2.05) is 13.8 Å². The molecule has 5 heteroatoms. The van der Waals surface area contributed by atoms with Crippen molar-refractivity contribution in [2.24, 2.45) is 0 Å². The number of hydrogen-bond acceptors (Lipinski definition) is 4. The Balaban J connectivity index is 2.54. The van der Waals surface area contributed by atoms with Crippen molar-refractivity contribution in [1.29, 1.82) is 0 Å². The minimum absolute atomic E-state index is 0.0647. The van der Waals surface area contributed by atoms with Crippen molar-refractivity contribution in [2.45, 2.75) is 44.7 Å². The fourth-order valence-electron chi connectivity index (χ4n) is 1.71. The van der Waals surface area contributed by atoms with Crippen LogP contribution < -0.4 is 0 Å². The summed E-state index contributed by atoms with van der Waals surface area (Å²) < 4.78 is 15.8. The van der Waals surface area contributed by atoms with Crippen LogP contribution in [-0.2, 0) is 19.0 Å². The highest BCUT2D eigenvalue weighted by Gasteiger charge is 2.36. The van der Waals surface area contributed by atoms with Crippen LogP contribution in [0.2, 0.25) is 0 Å². The molecule has 0 saturated carbocycles. The average Bonchev–Trinajstić information content (AvgIpc) is 2.15. The van der Waals surface area contributed by atoms with Crippen molar-refractivity contribution in [3.63, 3.8) is 0 Å². The van der Waals surface area contributed by atoms with Gasteiger partial charge < -0.3 is 14.2 Å². The van der Waals surface area contributed by atoms with Gasteiger partial charge in [-0.2, -0.15) is 0 Å². The first kappa shape index (κ1) is 12.7. The number of carbonyl (C=O) groups excluding carboxylic acids is 1. The number of halogens is 1. The molecule has 1 aliphatic heterocycles. The highest BCUT2D eigenvalue weighted by molar-refractivity contribution is 6.18. The quantitative estimate of drug-likeness (QED) is 0.553. The molecule has 0 radical (unpaired) electrons. The summed E-state index contributed by atoms with van der Waals surface area (Å²) in [7, 11) is 1.37. The average molecular weight is 237 g/mol. The minimum Gasteiger partial charge on any atom is -0.469 e. The molecule has 4 nitrogen and oxygen atoms in total. The molecule has 15 heavy (non-hydrogen) atoms. The summed E-state index contributed by atoms with van der Waals surface area (Å²) in [5.41, 5.74) is 0. The fourth-order valence-corrected chi connectivity index (χ4v) is 1.90. The Labute approximate surface area is 94.8 Å². The van der Waals surface area contributed by atoms with Crippen LogP contribution in [0.5, 0.6) is 0 Å². The molecule has 88 valence electrons. The van der Waals surface area contributed by atoms with Crippen LogP contribution in [0.25, 0.3) is 0 Å². The molecule has 1 aliphatic rings. The van der Waals surface area contributed by atoms with Crippen LogP contribution in [-0.4, -0.2) is 37.0 Å². The van der Waals surface area contributed by atoms with E-state index >= 15 is 0 Å². The van der Waals surface area contributed by atoms with E-state index in [0.29, 0.717) is 12.3 Å². The predicted molar refractivity (Wildman–Crippen MR) is 55.8 cm³/mol. The molecule has 1 fully saturated rings. The van der Waals surface area contributed by atoms with Crippen LogP contribution in [0.15, 0.2) is 0 Å². The molecule has 0 aromatic carbocycles. The Morgan fingerprint density at radius 2 is 2.07 bits per heavy atom. The summed E-state index contributed by atoms with van der Waals surface area (Å²) >= 11 is 5.75. The normalized spacial score (nSPS) is 29.9. The van der Waals surface area contributed by atoms with Crippen LogP contribution in [0.1, 0.15) is 26.7 Å². The lowest BCUT2D eigenvalue weighted by atomic mass is 10.1. The monoisotopic (exact) mass is 236 g/mol. The van der Waals surface area contributed by atoms with Gasteiger partial charge in [0.1, 0.15) is 0 Å². The molecule has 0 spiro atoms. The summed E-state index contributed by atoms with van der Waals surface area (Å²) in [4.78, 5) is 11.1. The Kier molecular flexibility index (Phi) is 4.37. The predicted octanol–water partition coefficient (Wildman–Crippen LogP) is 1.70. The second-order valence-electron chi connectivity index (χ2n) is 4.05. The molecule has 1 heterocycles. The van der Waals surface area contributed by atoms with Crippen LogP contribution in [0, 0.1) is 0 Å². The maximum Gasteiger partial charge on any atom is 0.308 e. The van der Waals surface area contributed by atoms with Gasteiger partial charge >= 0.3 is 5.97 Å². The number of ether oxygens (including phenoxy) is 3. The van der Waals surface area contributed by atoms with E-state index in [0.717, 1.165) is 0 Å². The topological polar surface area (TPSA) is 44.8 Å². The molecular weight excluding hydrogens is 220 g/mol. The highest BCUT2D eigenvalue weighted by atomic mass is 35.5. The van der Waals surface area contributed by atoms with Gasteiger partial charge in [-0.25, -0.2) is 0 Å². The van der Waals surface area contributed by atoms with Gasteiger partial charge in [0.05, 0.1) is 25.7 Å². The van der Waals surface area contributed by atoms with Crippen molar-refractivity contribution < 1.29 is 19.0 Å². The zero-order valence-corrected chi connectivity index (χ0v) is 10.0. The maximum absolute atomic E-state index is 11.1. The number of esters is 1. The first-order valence-electron chi connectivity index (χ1n) is 4.95. The SMILES string of the molecule is COC(=O)C[C@@H]1C[C@H](CCl)OC(C)(C)O1. The van der Waals surface area contributed by atoms with Gasteiger partial charge in [-0.05, 0) is 13.8 Å².